The number of rotatable bonds is 4. The highest BCUT2D eigenvalue weighted by Gasteiger charge is 2.38. The number of aliphatic hydroxyl groups is 1. The van der Waals surface area contributed by atoms with Gasteiger partial charge in [-0.05, 0) is 62.6 Å². The lowest BCUT2D eigenvalue weighted by Gasteiger charge is -2.38. The van der Waals surface area contributed by atoms with E-state index in [-0.39, 0.29) is 11.9 Å². The minimum Gasteiger partial charge on any atom is -0.383 e. The Morgan fingerprint density at radius 3 is 2.69 bits per heavy atom. The van der Waals surface area contributed by atoms with Crippen molar-refractivity contribution < 1.29 is 9.90 Å². The minimum atomic E-state index is -1.03. The SMILES string of the molecule is N#CC[C@H]1CC[C@H](n2c(C(=O)N3CCC(O)(c4ccccn4)CC3)nc3cnc4[nH]ccc4c32)CC1. The van der Waals surface area contributed by atoms with Gasteiger partial charge in [0.2, 0.25) is 5.82 Å². The molecule has 0 aromatic carbocycles. The zero-order chi connectivity index (χ0) is 24.7. The van der Waals surface area contributed by atoms with E-state index in [4.69, 9.17) is 10.2 Å². The van der Waals surface area contributed by atoms with Gasteiger partial charge in [0.05, 0.1) is 23.5 Å². The molecule has 184 valence electrons. The first-order valence-corrected chi connectivity index (χ1v) is 12.7. The Bertz CT molecular complexity index is 1440. The van der Waals surface area contributed by atoms with Crippen LogP contribution in [0.3, 0.4) is 0 Å². The van der Waals surface area contributed by atoms with Crippen LogP contribution in [0, 0.1) is 17.2 Å². The van der Waals surface area contributed by atoms with Crippen LogP contribution in [0.5, 0.6) is 0 Å². The topological polar surface area (TPSA) is 124 Å². The number of H-pyrrole nitrogens is 1. The number of aromatic amines is 1. The fourth-order valence-electron chi connectivity index (χ4n) is 5.95. The summed E-state index contributed by atoms with van der Waals surface area (Å²) in [6.45, 7) is 0.865. The molecule has 1 saturated heterocycles. The lowest BCUT2D eigenvalue weighted by molar-refractivity contribution is -0.0248. The van der Waals surface area contributed by atoms with E-state index < -0.39 is 5.60 Å². The minimum absolute atomic E-state index is 0.114. The number of likely N-dealkylation sites (tertiary alicyclic amines) is 1. The molecule has 0 unspecified atom stereocenters. The zero-order valence-corrected chi connectivity index (χ0v) is 20.1. The molecule has 1 saturated carbocycles. The average Bonchev–Trinajstić information content (AvgIpc) is 3.55. The molecular formula is C27H29N7O2. The quantitative estimate of drug-likeness (QED) is 0.451. The van der Waals surface area contributed by atoms with Gasteiger partial charge in [0.15, 0.2) is 0 Å². The number of fused-ring (bicyclic) bond motifs is 3. The molecule has 4 aromatic heterocycles. The van der Waals surface area contributed by atoms with E-state index in [2.05, 4.69) is 25.6 Å². The van der Waals surface area contributed by atoms with E-state index in [1.165, 1.54) is 0 Å². The summed E-state index contributed by atoms with van der Waals surface area (Å²) in [6.07, 6.45) is 10.5. The summed E-state index contributed by atoms with van der Waals surface area (Å²) in [4.78, 5) is 32.5. The van der Waals surface area contributed by atoms with Gasteiger partial charge in [-0.1, -0.05) is 6.07 Å². The number of nitrogens with zero attached hydrogens (tertiary/aromatic N) is 6. The van der Waals surface area contributed by atoms with Gasteiger partial charge in [-0.25, -0.2) is 9.97 Å². The highest BCUT2D eigenvalue weighted by molar-refractivity contribution is 6.04. The van der Waals surface area contributed by atoms with Crippen molar-refractivity contribution in [2.24, 2.45) is 5.92 Å². The van der Waals surface area contributed by atoms with Crippen LogP contribution in [0.4, 0.5) is 0 Å². The van der Waals surface area contributed by atoms with E-state index in [0.29, 0.717) is 55.3 Å². The van der Waals surface area contributed by atoms with Crippen molar-refractivity contribution in [3.8, 4) is 6.07 Å². The van der Waals surface area contributed by atoms with Crippen molar-refractivity contribution >= 4 is 28.0 Å². The highest BCUT2D eigenvalue weighted by Crippen LogP contribution is 2.39. The maximum atomic E-state index is 13.9. The number of carbonyl (C=O) groups is 1. The molecule has 9 nitrogen and oxygen atoms in total. The first kappa shape index (κ1) is 22.7. The number of hydrogen-bond donors (Lipinski definition) is 2. The third kappa shape index (κ3) is 3.82. The van der Waals surface area contributed by atoms with Crippen LogP contribution >= 0.6 is 0 Å². The van der Waals surface area contributed by atoms with Gasteiger partial charge in [0.25, 0.3) is 5.91 Å². The number of hydrogen-bond acceptors (Lipinski definition) is 6. The lowest BCUT2D eigenvalue weighted by Crippen LogP contribution is -2.46. The zero-order valence-electron chi connectivity index (χ0n) is 20.1. The summed E-state index contributed by atoms with van der Waals surface area (Å²) in [6, 6.07) is 9.99. The number of nitriles is 1. The summed E-state index contributed by atoms with van der Waals surface area (Å²) in [5.41, 5.74) is 2.05. The van der Waals surface area contributed by atoms with Crippen LogP contribution in [0.15, 0.2) is 42.9 Å². The second-order valence-corrected chi connectivity index (χ2v) is 10.1. The standard InChI is InChI=1S/C27H29N7O2/c28-12-8-18-4-6-19(7-5-18)34-23-20-9-14-30-24(20)31-17-21(23)32-25(34)26(35)33-15-10-27(36,11-16-33)22-3-1-2-13-29-22/h1-3,9,13-14,17-19,36H,4-8,10-11,15-16H2,(H,30,31)/t18-,19-. The van der Waals surface area contributed by atoms with Gasteiger partial charge in [-0.2, -0.15) is 5.26 Å². The molecule has 36 heavy (non-hydrogen) atoms. The molecule has 5 heterocycles. The molecule has 1 amide bonds. The van der Waals surface area contributed by atoms with Crippen LogP contribution in [0.1, 0.15) is 67.3 Å². The van der Waals surface area contributed by atoms with Gasteiger partial charge in [-0.15, -0.1) is 0 Å². The third-order valence-electron chi connectivity index (χ3n) is 8.01. The second-order valence-electron chi connectivity index (χ2n) is 10.1. The highest BCUT2D eigenvalue weighted by atomic mass is 16.3. The molecular weight excluding hydrogens is 454 g/mol. The number of piperidine rings is 1. The van der Waals surface area contributed by atoms with Crippen LogP contribution in [0.2, 0.25) is 0 Å². The molecule has 0 atom stereocenters. The lowest BCUT2D eigenvalue weighted by atomic mass is 9.84. The van der Waals surface area contributed by atoms with E-state index in [0.717, 1.165) is 42.2 Å². The molecule has 0 bridgehead atoms. The van der Waals surface area contributed by atoms with Crippen LogP contribution in [-0.4, -0.2) is 53.5 Å². The first-order chi connectivity index (χ1) is 17.6. The number of imidazole rings is 1. The summed E-state index contributed by atoms with van der Waals surface area (Å²) in [5.74, 6) is 0.741. The molecule has 1 aliphatic heterocycles. The van der Waals surface area contributed by atoms with E-state index >= 15 is 0 Å². The van der Waals surface area contributed by atoms with Gasteiger partial charge < -0.3 is 19.6 Å². The van der Waals surface area contributed by atoms with Crippen molar-refractivity contribution in [3.05, 3.63) is 54.4 Å². The molecule has 1 aliphatic carbocycles. The average molecular weight is 484 g/mol. The van der Waals surface area contributed by atoms with Crippen molar-refractivity contribution in [1.82, 2.24) is 29.4 Å². The monoisotopic (exact) mass is 483 g/mol. The molecule has 6 rings (SSSR count). The van der Waals surface area contributed by atoms with Crippen molar-refractivity contribution in [1.29, 1.82) is 5.26 Å². The normalized spacial score (nSPS) is 22.1. The molecule has 2 aliphatic rings. The Labute approximate surface area is 208 Å². The van der Waals surface area contributed by atoms with Gasteiger partial charge >= 0.3 is 0 Å². The van der Waals surface area contributed by atoms with Crippen molar-refractivity contribution in [2.75, 3.05) is 13.1 Å². The smallest absolute Gasteiger partial charge is 0.289 e. The summed E-state index contributed by atoms with van der Waals surface area (Å²) in [5, 5.41) is 21.3. The molecule has 9 heteroatoms. The van der Waals surface area contributed by atoms with E-state index in [1.807, 2.05) is 30.5 Å². The molecule has 2 N–H and O–H groups in total. The number of aromatic nitrogens is 5. The summed E-state index contributed by atoms with van der Waals surface area (Å²) < 4.78 is 2.14. The largest absolute Gasteiger partial charge is 0.383 e. The fraction of sp³-hybridized carbons (Fsp3) is 0.444. The van der Waals surface area contributed by atoms with Gasteiger partial charge in [-0.3, -0.25) is 9.78 Å². The maximum Gasteiger partial charge on any atom is 0.289 e. The predicted octanol–water partition coefficient (Wildman–Crippen LogP) is 4.08. The summed E-state index contributed by atoms with van der Waals surface area (Å²) in [7, 11) is 0. The van der Waals surface area contributed by atoms with Crippen LogP contribution in [0.25, 0.3) is 22.1 Å². The van der Waals surface area contributed by atoms with Gasteiger partial charge in [0.1, 0.15) is 16.8 Å². The molecule has 4 aromatic rings. The summed E-state index contributed by atoms with van der Waals surface area (Å²) >= 11 is 0. The van der Waals surface area contributed by atoms with Crippen molar-refractivity contribution in [3.63, 3.8) is 0 Å². The number of carbonyl (C=O) groups excluding carboxylic acids is 1. The second kappa shape index (κ2) is 9.03. The Hall–Kier alpha value is -3.77. The Balaban J connectivity index is 1.33. The van der Waals surface area contributed by atoms with E-state index in [9.17, 15) is 9.90 Å². The van der Waals surface area contributed by atoms with Gasteiger partial charge in [0, 0.05) is 43.3 Å². The van der Waals surface area contributed by atoms with Crippen molar-refractivity contribution in [2.45, 2.75) is 56.6 Å². The maximum absolute atomic E-state index is 13.9. The number of pyridine rings is 2. The van der Waals surface area contributed by atoms with Crippen LogP contribution < -0.4 is 0 Å². The third-order valence-corrected chi connectivity index (χ3v) is 8.01. The Morgan fingerprint density at radius 2 is 1.97 bits per heavy atom. The molecule has 0 spiro atoms. The van der Waals surface area contributed by atoms with E-state index in [1.54, 1.807) is 17.3 Å². The molecule has 0 radical (unpaired) electrons. The first-order valence-electron chi connectivity index (χ1n) is 12.7. The fourth-order valence-corrected chi connectivity index (χ4v) is 5.95. The number of amides is 1. The Morgan fingerprint density at radius 1 is 1.17 bits per heavy atom. The van der Waals surface area contributed by atoms with Crippen LogP contribution in [-0.2, 0) is 5.60 Å². The Kier molecular flexibility index (Phi) is 5.69. The number of nitrogens with one attached hydrogen (secondary N) is 1. The predicted molar refractivity (Wildman–Crippen MR) is 134 cm³/mol. The molecule has 2 fully saturated rings.